The van der Waals surface area contributed by atoms with E-state index in [2.05, 4.69) is 10.2 Å². The number of piperidine rings is 3. The molecule has 3 N–H and O–H groups in total. The highest BCUT2D eigenvalue weighted by Gasteiger charge is 2.35. The number of fused-ring (bicyclic) bond motifs is 3. The molecule has 3 heterocycles. The summed E-state index contributed by atoms with van der Waals surface area (Å²) >= 11 is 0. The molecule has 0 spiro atoms. The first-order valence-corrected chi connectivity index (χ1v) is 8.69. The zero-order chi connectivity index (χ0) is 16.5. The lowest BCUT2D eigenvalue weighted by atomic mass is 9.84. The molecule has 124 valence electrons. The minimum absolute atomic E-state index is 0.0518. The highest BCUT2D eigenvalue weighted by atomic mass is 16.1. The lowest BCUT2D eigenvalue weighted by Crippen LogP contribution is -2.57. The van der Waals surface area contributed by atoms with E-state index >= 15 is 0 Å². The number of nitrogens with zero attached hydrogens (tertiary/aromatic N) is 1. The van der Waals surface area contributed by atoms with Gasteiger partial charge in [-0.25, -0.2) is 0 Å². The summed E-state index contributed by atoms with van der Waals surface area (Å²) < 4.78 is 0. The number of rotatable bonds is 3. The van der Waals surface area contributed by atoms with Crippen LogP contribution in [-0.2, 0) is 0 Å². The van der Waals surface area contributed by atoms with Crippen LogP contribution in [0, 0.1) is 5.92 Å². The van der Waals surface area contributed by atoms with Crippen molar-refractivity contribution >= 4 is 11.6 Å². The number of para-hydroxylation sites is 1. The van der Waals surface area contributed by atoms with Crippen molar-refractivity contribution in [1.82, 2.24) is 10.2 Å². The third kappa shape index (κ3) is 2.78. The van der Waals surface area contributed by atoms with E-state index < -0.39 is 0 Å². The molecule has 1 amide bonds. The molecule has 4 heteroatoms. The fraction of sp³-hybridized carbons (Fsp3) is 0.350. The molecule has 0 radical (unpaired) electrons. The molecule has 24 heavy (non-hydrogen) atoms. The maximum absolute atomic E-state index is 12.8. The SMILES string of the molecule is Nc1c(C(=O)N[C@H]2CN3CCC2CC3)cccc1-c1ccccc1. The number of carbonyl (C=O) groups excluding carboxylic acids is 1. The van der Waals surface area contributed by atoms with Crippen LogP contribution in [0.25, 0.3) is 11.1 Å². The van der Waals surface area contributed by atoms with E-state index in [1.54, 1.807) is 0 Å². The number of nitrogen functional groups attached to an aromatic ring is 1. The van der Waals surface area contributed by atoms with Crippen LogP contribution in [0.15, 0.2) is 48.5 Å². The summed E-state index contributed by atoms with van der Waals surface area (Å²) in [6.45, 7) is 3.31. The van der Waals surface area contributed by atoms with Gasteiger partial charge in [0.25, 0.3) is 5.91 Å². The van der Waals surface area contributed by atoms with Crippen molar-refractivity contribution in [3.8, 4) is 11.1 Å². The molecular weight excluding hydrogens is 298 g/mol. The number of carbonyl (C=O) groups is 1. The molecule has 3 saturated heterocycles. The molecule has 3 fully saturated rings. The highest BCUT2D eigenvalue weighted by molar-refractivity contribution is 6.02. The summed E-state index contributed by atoms with van der Waals surface area (Å²) in [5.74, 6) is 0.557. The summed E-state index contributed by atoms with van der Waals surface area (Å²) in [5.41, 5.74) is 9.41. The molecule has 0 saturated carbocycles. The standard InChI is InChI=1S/C20H23N3O/c21-19-16(14-5-2-1-3-6-14)7-4-8-17(19)20(24)22-18-13-23-11-9-15(18)10-12-23/h1-8,15,18H,9-13,21H2,(H,22,24)/t18-/m0/s1. The van der Waals surface area contributed by atoms with Crippen LogP contribution in [0.2, 0.25) is 0 Å². The van der Waals surface area contributed by atoms with E-state index in [-0.39, 0.29) is 11.9 Å². The number of hydrogen-bond acceptors (Lipinski definition) is 3. The molecule has 3 aliphatic rings. The van der Waals surface area contributed by atoms with Crippen LogP contribution >= 0.6 is 0 Å². The van der Waals surface area contributed by atoms with Gasteiger partial charge in [0.15, 0.2) is 0 Å². The van der Waals surface area contributed by atoms with Crippen LogP contribution < -0.4 is 11.1 Å². The van der Waals surface area contributed by atoms with E-state index in [0.29, 0.717) is 17.2 Å². The predicted octanol–water partition coefficient (Wildman–Crippen LogP) is 2.76. The molecule has 0 aromatic heterocycles. The van der Waals surface area contributed by atoms with E-state index in [9.17, 15) is 4.79 Å². The zero-order valence-corrected chi connectivity index (χ0v) is 13.7. The van der Waals surface area contributed by atoms with Crippen LogP contribution in [0.3, 0.4) is 0 Å². The normalized spacial score (nSPS) is 25.4. The Bertz CT molecular complexity index is 736. The van der Waals surface area contributed by atoms with Gasteiger partial charge in [0.05, 0.1) is 11.3 Å². The Balaban J connectivity index is 1.57. The number of anilines is 1. The van der Waals surface area contributed by atoms with Crippen molar-refractivity contribution in [3.63, 3.8) is 0 Å². The number of nitrogens with two attached hydrogens (primary N) is 1. The number of hydrogen-bond donors (Lipinski definition) is 2. The molecular formula is C20H23N3O. The summed E-state index contributed by atoms with van der Waals surface area (Å²) in [4.78, 5) is 15.2. The Morgan fingerprint density at radius 1 is 1.04 bits per heavy atom. The monoisotopic (exact) mass is 321 g/mol. The second-order valence-electron chi connectivity index (χ2n) is 6.85. The molecule has 3 aliphatic heterocycles. The maximum atomic E-state index is 12.8. The lowest BCUT2D eigenvalue weighted by molar-refractivity contribution is 0.0621. The van der Waals surface area contributed by atoms with Gasteiger partial charge >= 0.3 is 0 Å². The first kappa shape index (κ1) is 15.2. The van der Waals surface area contributed by atoms with Gasteiger partial charge in [0, 0.05) is 18.2 Å². The van der Waals surface area contributed by atoms with Crippen molar-refractivity contribution < 1.29 is 4.79 Å². The molecule has 2 aromatic rings. The fourth-order valence-corrected chi connectivity index (χ4v) is 4.01. The largest absolute Gasteiger partial charge is 0.398 e. The van der Waals surface area contributed by atoms with Gasteiger partial charge in [0.1, 0.15) is 0 Å². The van der Waals surface area contributed by atoms with Gasteiger partial charge in [-0.1, -0.05) is 42.5 Å². The van der Waals surface area contributed by atoms with Crippen molar-refractivity contribution in [2.75, 3.05) is 25.4 Å². The lowest BCUT2D eigenvalue weighted by Gasteiger charge is -2.44. The third-order valence-electron chi connectivity index (χ3n) is 5.41. The predicted molar refractivity (Wildman–Crippen MR) is 96.7 cm³/mol. The first-order chi connectivity index (χ1) is 11.7. The van der Waals surface area contributed by atoms with Crippen LogP contribution in [0.5, 0.6) is 0 Å². The van der Waals surface area contributed by atoms with Gasteiger partial charge in [-0.05, 0) is 43.5 Å². The zero-order valence-electron chi connectivity index (χ0n) is 13.7. The van der Waals surface area contributed by atoms with Gasteiger partial charge in [0.2, 0.25) is 0 Å². The molecule has 1 atom stereocenters. The molecule has 5 rings (SSSR count). The van der Waals surface area contributed by atoms with E-state index in [1.165, 1.54) is 25.9 Å². The van der Waals surface area contributed by atoms with E-state index in [0.717, 1.165) is 17.7 Å². The molecule has 2 aromatic carbocycles. The first-order valence-electron chi connectivity index (χ1n) is 8.69. The third-order valence-corrected chi connectivity index (χ3v) is 5.41. The molecule has 2 bridgehead atoms. The summed E-state index contributed by atoms with van der Waals surface area (Å²) in [7, 11) is 0. The number of nitrogens with one attached hydrogen (secondary N) is 1. The Kier molecular flexibility index (Phi) is 3.98. The van der Waals surface area contributed by atoms with E-state index in [4.69, 9.17) is 5.73 Å². The molecule has 0 unspecified atom stereocenters. The molecule has 4 nitrogen and oxygen atoms in total. The molecule has 0 aliphatic carbocycles. The van der Waals surface area contributed by atoms with Crippen molar-refractivity contribution in [2.24, 2.45) is 5.92 Å². The summed E-state index contributed by atoms with van der Waals surface area (Å²) in [6, 6.07) is 15.9. The Morgan fingerprint density at radius 2 is 1.79 bits per heavy atom. The Hall–Kier alpha value is -2.33. The van der Waals surface area contributed by atoms with Gasteiger partial charge in [-0.15, -0.1) is 0 Å². The van der Waals surface area contributed by atoms with Crippen molar-refractivity contribution in [2.45, 2.75) is 18.9 Å². The summed E-state index contributed by atoms with van der Waals surface area (Å²) in [5, 5.41) is 3.23. The topological polar surface area (TPSA) is 58.4 Å². The van der Waals surface area contributed by atoms with Crippen molar-refractivity contribution in [3.05, 3.63) is 54.1 Å². The number of benzene rings is 2. The maximum Gasteiger partial charge on any atom is 0.253 e. The fourth-order valence-electron chi connectivity index (χ4n) is 4.01. The van der Waals surface area contributed by atoms with E-state index in [1.807, 2.05) is 48.5 Å². The minimum Gasteiger partial charge on any atom is -0.398 e. The van der Waals surface area contributed by atoms with Crippen LogP contribution in [0.4, 0.5) is 5.69 Å². The quantitative estimate of drug-likeness (QED) is 0.855. The smallest absolute Gasteiger partial charge is 0.253 e. The van der Waals surface area contributed by atoms with Crippen molar-refractivity contribution in [1.29, 1.82) is 0 Å². The number of amides is 1. The Morgan fingerprint density at radius 3 is 2.46 bits per heavy atom. The van der Waals surface area contributed by atoms with Gasteiger partial charge in [-0.3, -0.25) is 4.79 Å². The van der Waals surface area contributed by atoms with Gasteiger partial charge in [-0.2, -0.15) is 0 Å². The average molecular weight is 321 g/mol. The second kappa shape index (κ2) is 6.29. The van der Waals surface area contributed by atoms with Gasteiger partial charge < -0.3 is 16.0 Å². The Labute approximate surface area is 142 Å². The van der Waals surface area contributed by atoms with Crippen LogP contribution in [-0.4, -0.2) is 36.5 Å². The minimum atomic E-state index is -0.0518. The second-order valence-corrected chi connectivity index (χ2v) is 6.85. The summed E-state index contributed by atoms with van der Waals surface area (Å²) in [6.07, 6.45) is 2.37. The highest BCUT2D eigenvalue weighted by Crippen LogP contribution is 2.30. The van der Waals surface area contributed by atoms with Crippen LogP contribution in [0.1, 0.15) is 23.2 Å². The average Bonchev–Trinajstić information content (AvgIpc) is 2.63.